The van der Waals surface area contributed by atoms with E-state index in [1.165, 1.54) is 0 Å². The molecule has 0 aliphatic carbocycles. The first kappa shape index (κ1) is 12.5. The maximum absolute atomic E-state index is 11.4. The molecule has 1 aliphatic rings. The highest BCUT2D eigenvalue weighted by molar-refractivity contribution is 5.77. The summed E-state index contributed by atoms with van der Waals surface area (Å²) >= 11 is 0. The Morgan fingerprint density at radius 2 is 2.33 bits per heavy atom. The summed E-state index contributed by atoms with van der Waals surface area (Å²) in [4.78, 5) is 11.4. The van der Waals surface area contributed by atoms with E-state index < -0.39 is 0 Å². The first-order valence-electron chi connectivity index (χ1n) is 5.76. The predicted octanol–water partition coefficient (Wildman–Crippen LogP) is 0.527. The van der Waals surface area contributed by atoms with Crippen LogP contribution in [0.5, 0.6) is 0 Å². The van der Waals surface area contributed by atoms with Crippen LogP contribution in [0.2, 0.25) is 0 Å². The lowest BCUT2D eigenvalue weighted by Gasteiger charge is -2.22. The highest BCUT2D eigenvalue weighted by atomic mass is 16.5. The molecule has 0 radical (unpaired) electrons. The van der Waals surface area contributed by atoms with Crippen LogP contribution in [0.25, 0.3) is 0 Å². The van der Waals surface area contributed by atoms with Crippen molar-refractivity contribution in [3.05, 3.63) is 0 Å². The van der Waals surface area contributed by atoms with Gasteiger partial charge in [-0.25, -0.2) is 0 Å². The molecule has 1 aliphatic heterocycles. The Labute approximate surface area is 91.8 Å². The normalized spacial score (nSPS) is 21.7. The van der Waals surface area contributed by atoms with Crippen LogP contribution < -0.4 is 10.6 Å². The Morgan fingerprint density at radius 1 is 1.53 bits per heavy atom. The van der Waals surface area contributed by atoms with Crippen LogP contribution in [-0.4, -0.2) is 38.3 Å². The maximum atomic E-state index is 11.4. The first-order valence-corrected chi connectivity index (χ1v) is 5.76. The van der Waals surface area contributed by atoms with Crippen molar-refractivity contribution in [2.75, 3.05) is 26.3 Å². The summed E-state index contributed by atoms with van der Waals surface area (Å²) in [7, 11) is 0. The summed E-state index contributed by atoms with van der Waals surface area (Å²) in [5, 5.41) is 6.02. The molecule has 1 saturated heterocycles. The van der Waals surface area contributed by atoms with E-state index in [9.17, 15) is 4.79 Å². The van der Waals surface area contributed by atoms with Crippen LogP contribution in [0, 0.1) is 5.92 Å². The number of hydrogen-bond donors (Lipinski definition) is 2. The van der Waals surface area contributed by atoms with Gasteiger partial charge in [0.15, 0.2) is 0 Å². The van der Waals surface area contributed by atoms with Gasteiger partial charge in [0.25, 0.3) is 0 Å². The average molecular weight is 214 g/mol. The fourth-order valence-corrected chi connectivity index (χ4v) is 1.59. The molecular formula is C11H22N2O2. The van der Waals surface area contributed by atoms with E-state index >= 15 is 0 Å². The Bertz CT molecular complexity index is 189. The van der Waals surface area contributed by atoms with Crippen molar-refractivity contribution in [3.8, 4) is 0 Å². The number of carbonyl (C=O) groups excluding carboxylic acids is 1. The number of nitrogens with one attached hydrogen (secondary N) is 2. The van der Waals surface area contributed by atoms with Crippen molar-refractivity contribution in [1.29, 1.82) is 0 Å². The molecule has 15 heavy (non-hydrogen) atoms. The maximum Gasteiger partial charge on any atom is 0.233 e. The lowest BCUT2D eigenvalue weighted by molar-refractivity contribution is -0.120. The number of rotatable bonds is 5. The molecule has 4 nitrogen and oxygen atoms in total. The van der Waals surface area contributed by atoms with Gasteiger partial charge in [-0.15, -0.1) is 0 Å². The monoisotopic (exact) mass is 214 g/mol. The molecule has 0 aromatic heterocycles. The SMILES string of the molecule is CC(C)NCC(=O)NCC1CCCOC1. The minimum atomic E-state index is 0.0780. The zero-order valence-corrected chi connectivity index (χ0v) is 9.71. The van der Waals surface area contributed by atoms with Crippen molar-refractivity contribution < 1.29 is 9.53 Å². The summed E-state index contributed by atoms with van der Waals surface area (Å²) in [5.74, 6) is 0.580. The van der Waals surface area contributed by atoms with E-state index in [0.717, 1.165) is 32.6 Å². The summed E-state index contributed by atoms with van der Waals surface area (Å²) in [6, 6.07) is 0.355. The van der Waals surface area contributed by atoms with E-state index in [4.69, 9.17) is 4.74 Å². The lowest BCUT2D eigenvalue weighted by Crippen LogP contribution is -2.40. The van der Waals surface area contributed by atoms with E-state index in [0.29, 0.717) is 18.5 Å². The van der Waals surface area contributed by atoms with Crippen LogP contribution in [0.3, 0.4) is 0 Å². The van der Waals surface area contributed by atoms with Crippen LogP contribution in [0.1, 0.15) is 26.7 Å². The van der Waals surface area contributed by atoms with Crippen molar-refractivity contribution in [3.63, 3.8) is 0 Å². The van der Waals surface area contributed by atoms with E-state index in [-0.39, 0.29) is 5.91 Å². The molecule has 88 valence electrons. The van der Waals surface area contributed by atoms with E-state index in [1.807, 2.05) is 13.8 Å². The van der Waals surface area contributed by atoms with Crippen LogP contribution in [0.4, 0.5) is 0 Å². The number of ether oxygens (including phenoxy) is 1. The fourth-order valence-electron chi connectivity index (χ4n) is 1.59. The van der Waals surface area contributed by atoms with Crippen molar-refractivity contribution in [2.24, 2.45) is 5.92 Å². The Hall–Kier alpha value is -0.610. The molecule has 0 aromatic carbocycles. The van der Waals surface area contributed by atoms with Gasteiger partial charge in [-0.1, -0.05) is 13.8 Å². The van der Waals surface area contributed by atoms with Crippen molar-refractivity contribution in [2.45, 2.75) is 32.7 Å². The van der Waals surface area contributed by atoms with Gasteiger partial charge >= 0.3 is 0 Å². The van der Waals surface area contributed by atoms with Gasteiger partial charge in [-0.2, -0.15) is 0 Å². The molecule has 1 unspecified atom stereocenters. The van der Waals surface area contributed by atoms with Crippen LogP contribution in [-0.2, 0) is 9.53 Å². The number of amides is 1. The van der Waals surface area contributed by atoms with Gasteiger partial charge < -0.3 is 15.4 Å². The molecule has 1 heterocycles. The largest absolute Gasteiger partial charge is 0.381 e. The molecule has 1 rings (SSSR count). The topological polar surface area (TPSA) is 50.4 Å². The minimum Gasteiger partial charge on any atom is -0.381 e. The Morgan fingerprint density at radius 3 is 2.93 bits per heavy atom. The van der Waals surface area contributed by atoms with Gasteiger partial charge in [-0.3, -0.25) is 4.79 Å². The van der Waals surface area contributed by atoms with Crippen LogP contribution in [0.15, 0.2) is 0 Å². The van der Waals surface area contributed by atoms with E-state index in [1.54, 1.807) is 0 Å². The smallest absolute Gasteiger partial charge is 0.233 e. The molecule has 0 bridgehead atoms. The minimum absolute atomic E-state index is 0.0780. The van der Waals surface area contributed by atoms with E-state index in [2.05, 4.69) is 10.6 Å². The molecule has 0 aromatic rings. The zero-order valence-electron chi connectivity index (χ0n) is 9.71. The average Bonchev–Trinajstić information content (AvgIpc) is 2.25. The van der Waals surface area contributed by atoms with Crippen molar-refractivity contribution in [1.82, 2.24) is 10.6 Å². The Kier molecular flexibility index (Phi) is 5.65. The highest BCUT2D eigenvalue weighted by Crippen LogP contribution is 2.11. The molecule has 0 saturated carbocycles. The van der Waals surface area contributed by atoms with Gasteiger partial charge in [0, 0.05) is 19.2 Å². The first-order chi connectivity index (χ1) is 7.18. The molecule has 1 fully saturated rings. The van der Waals surface area contributed by atoms with Gasteiger partial charge in [-0.05, 0) is 18.8 Å². The van der Waals surface area contributed by atoms with Gasteiger partial charge in [0.05, 0.1) is 13.2 Å². The van der Waals surface area contributed by atoms with Gasteiger partial charge in [0.1, 0.15) is 0 Å². The third-order valence-electron chi connectivity index (χ3n) is 2.51. The molecule has 1 amide bonds. The second-order valence-corrected chi connectivity index (χ2v) is 4.42. The summed E-state index contributed by atoms with van der Waals surface area (Å²) < 4.78 is 5.35. The summed E-state index contributed by atoms with van der Waals surface area (Å²) in [6.07, 6.45) is 2.28. The van der Waals surface area contributed by atoms with Gasteiger partial charge in [0.2, 0.25) is 5.91 Å². The second-order valence-electron chi connectivity index (χ2n) is 4.42. The molecule has 1 atom stereocenters. The molecule has 4 heteroatoms. The zero-order chi connectivity index (χ0) is 11.1. The fraction of sp³-hybridized carbons (Fsp3) is 0.909. The third-order valence-corrected chi connectivity index (χ3v) is 2.51. The lowest BCUT2D eigenvalue weighted by atomic mass is 10.0. The Balaban J connectivity index is 2.05. The molecular weight excluding hydrogens is 192 g/mol. The molecule has 2 N–H and O–H groups in total. The van der Waals surface area contributed by atoms with Crippen LogP contribution >= 0.6 is 0 Å². The predicted molar refractivity (Wildman–Crippen MR) is 59.7 cm³/mol. The number of hydrogen-bond acceptors (Lipinski definition) is 3. The summed E-state index contributed by atoms with van der Waals surface area (Å²) in [6.45, 7) is 6.88. The quantitative estimate of drug-likeness (QED) is 0.702. The third kappa shape index (κ3) is 5.74. The van der Waals surface area contributed by atoms with Crippen molar-refractivity contribution >= 4 is 5.91 Å². The molecule has 0 spiro atoms. The second kappa shape index (κ2) is 6.80. The number of carbonyl (C=O) groups is 1. The summed E-state index contributed by atoms with van der Waals surface area (Å²) in [5.41, 5.74) is 0. The standard InChI is InChI=1S/C11H22N2O2/c1-9(2)12-7-11(14)13-6-10-4-3-5-15-8-10/h9-10,12H,3-8H2,1-2H3,(H,13,14). The highest BCUT2D eigenvalue weighted by Gasteiger charge is 2.14.